The Hall–Kier alpha value is -1.55. The third-order valence-electron chi connectivity index (χ3n) is 1.65. The fraction of sp³-hybridized carbons (Fsp3) is 0. The van der Waals surface area contributed by atoms with E-state index >= 15 is 0 Å². The highest BCUT2D eigenvalue weighted by Crippen LogP contribution is 2.12. The van der Waals surface area contributed by atoms with Crippen molar-refractivity contribution >= 4 is 12.2 Å². The van der Waals surface area contributed by atoms with Crippen LogP contribution in [0.25, 0.3) is 11.3 Å². The third-order valence-corrected chi connectivity index (χ3v) is 1.84. The van der Waals surface area contributed by atoms with Crippen LogP contribution in [0.15, 0.2) is 36.5 Å². The smallest absolute Gasteiger partial charge is 0.213 e. The van der Waals surface area contributed by atoms with Gasteiger partial charge in [0, 0.05) is 5.56 Å². The lowest BCUT2D eigenvalue weighted by atomic mass is 10.2. The van der Waals surface area contributed by atoms with E-state index < -0.39 is 0 Å². The third kappa shape index (κ3) is 1.78. The highest BCUT2D eigenvalue weighted by molar-refractivity contribution is 7.71. The van der Waals surface area contributed by atoms with E-state index in [9.17, 15) is 0 Å². The summed E-state index contributed by atoms with van der Waals surface area (Å²) in [6, 6.07) is 9.82. The van der Waals surface area contributed by atoms with Gasteiger partial charge in [-0.25, -0.2) is 4.98 Å². The van der Waals surface area contributed by atoms with Gasteiger partial charge in [-0.2, -0.15) is 5.10 Å². The van der Waals surface area contributed by atoms with Crippen LogP contribution in [0, 0.1) is 4.77 Å². The molecule has 0 aliphatic carbocycles. The Kier molecular flexibility index (Phi) is 2.14. The summed E-state index contributed by atoms with van der Waals surface area (Å²) in [6.45, 7) is 0. The van der Waals surface area contributed by atoms with Gasteiger partial charge in [-0.3, -0.25) is 5.10 Å². The van der Waals surface area contributed by atoms with E-state index in [1.165, 1.54) is 0 Å². The van der Waals surface area contributed by atoms with Crippen LogP contribution in [0.1, 0.15) is 0 Å². The standard InChI is InChI=1S/C9H7N3S/c13-9-10-6-8(11-12-9)7-4-2-1-3-5-7/h1-6H,(H,10,12,13). The molecule has 3 nitrogen and oxygen atoms in total. The Bertz CT molecular complexity index is 429. The number of nitrogens with one attached hydrogen (secondary N) is 1. The average molecular weight is 189 g/mol. The molecule has 2 aromatic rings. The fourth-order valence-corrected chi connectivity index (χ4v) is 1.13. The Labute approximate surface area is 80.5 Å². The van der Waals surface area contributed by atoms with Crippen molar-refractivity contribution in [2.45, 2.75) is 0 Å². The van der Waals surface area contributed by atoms with E-state index in [-0.39, 0.29) is 0 Å². The second kappa shape index (κ2) is 3.45. The van der Waals surface area contributed by atoms with Crippen LogP contribution in [0.5, 0.6) is 0 Å². The van der Waals surface area contributed by atoms with Crippen molar-refractivity contribution in [3.05, 3.63) is 41.3 Å². The van der Waals surface area contributed by atoms with Crippen molar-refractivity contribution in [1.82, 2.24) is 15.2 Å². The van der Waals surface area contributed by atoms with Crippen molar-refractivity contribution < 1.29 is 0 Å². The zero-order valence-electron chi connectivity index (χ0n) is 6.77. The molecule has 0 saturated heterocycles. The maximum atomic E-state index is 4.79. The Morgan fingerprint density at radius 3 is 2.54 bits per heavy atom. The van der Waals surface area contributed by atoms with Crippen LogP contribution in [-0.4, -0.2) is 15.2 Å². The van der Waals surface area contributed by atoms with Crippen molar-refractivity contribution in [2.75, 3.05) is 0 Å². The van der Waals surface area contributed by atoms with Crippen LogP contribution in [-0.2, 0) is 0 Å². The van der Waals surface area contributed by atoms with Gasteiger partial charge < -0.3 is 0 Å². The number of rotatable bonds is 1. The summed E-state index contributed by atoms with van der Waals surface area (Å²) in [4.78, 5) is 3.95. The summed E-state index contributed by atoms with van der Waals surface area (Å²) in [7, 11) is 0. The first-order valence-corrected chi connectivity index (χ1v) is 4.24. The maximum absolute atomic E-state index is 4.79. The van der Waals surface area contributed by atoms with Crippen molar-refractivity contribution in [3.8, 4) is 11.3 Å². The molecule has 2 rings (SSSR count). The van der Waals surface area contributed by atoms with Gasteiger partial charge in [-0.05, 0) is 12.2 Å². The Morgan fingerprint density at radius 2 is 1.92 bits per heavy atom. The first-order chi connectivity index (χ1) is 6.36. The molecule has 0 bridgehead atoms. The lowest BCUT2D eigenvalue weighted by molar-refractivity contribution is 0.956. The van der Waals surface area contributed by atoms with Gasteiger partial charge in [0.1, 0.15) is 5.69 Å². The number of hydrogen-bond donors (Lipinski definition) is 1. The van der Waals surface area contributed by atoms with Crippen LogP contribution >= 0.6 is 12.2 Å². The van der Waals surface area contributed by atoms with Gasteiger partial charge in [-0.15, -0.1) is 0 Å². The monoisotopic (exact) mass is 189 g/mol. The highest BCUT2D eigenvalue weighted by atomic mass is 32.1. The zero-order chi connectivity index (χ0) is 9.10. The van der Waals surface area contributed by atoms with Crippen LogP contribution in [0.3, 0.4) is 0 Å². The summed E-state index contributed by atoms with van der Waals surface area (Å²) in [5.74, 6) is 0. The van der Waals surface area contributed by atoms with Gasteiger partial charge >= 0.3 is 0 Å². The predicted molar refractivity (Wildman–Crippen MR) is 52.7 cm³/mol. The lowest BCUT2D eigenvalue weighted by Crippen LogP contribution is -1.89. The molecule has 1 aromatic carbocycles. The minimum absolute atomic E-state index is 0.402. The number of H-pyrrole nitrogens is 1. The Morgan fingerprint density at radius 1 is 1.15 bits per heavy atom. The van der Waals surface area contributed by atoms with E-state index in [4.69, 9.17) is 12.2 Å². The molecule has 1 N–H and O–H groups in total. The largest absolute Gasteiger partial charge is 0.251 e. The molecular weight excluding hydrogens is 182 g/mol. The van der Waals surface area contributed by atoms with Gasteiger partial charge in [0.25, 0.3) is 0 Å². The lowest BCUT2D eigenvalue weighted by Gasteiger charge is -1.96. The van der Waals surface area contributed by atoms with Crippen molar-refractivity contribution in [1.29, 1.82) is 0 Å². The maximum Gasteiger partial charge on any atom is 0.213 e. The number of aromatic nitrogens is 3. The van der Waals surface area contributed by atoms with E-state index in [0.29, 0.717) is 4.77 Å². The van der Waals surface area contributed by atoms with Crippen molar-refractivity contribution in [3.63, 3.8) is 0 Å². The Balaban J connectivity index is 2.48. The molecule has 0 radical (unpaired) electrons. The SMILES string of the molecule is S=c1ncc(-c2ccccc2)n[nH]1. The quantitative estimate of drug-likeness (QED) is 0.699. The van der Waals surface area contributed by atoms with Gasteiger partial charge in [0.2, 0.25) is 4.77 Å². The fourth-order valence-electron chi connectivity index (χ4n) is 1.03. The average Bonchev–Trinajstić information content (AvgIpc) is 2.20. The topological polar surface area (TPSA) is 41.6 Å². The molecule has 0 aliphatic heterocycles. The molecule has 0 spiro atoms. The number of hydrogen-bond acceptors (Lipinski definition) is 3. The van der Waals surface area contributed by atoms with Gasteiger partial charge in [0.15, 0.2) is 0 Å². The summed E-state index contributed by atoms with van der Waals surface area (Å²) in [5, 5.41) is 6.71. The summed E-state index contributed by atoms with van der Waals surface area (Å²) in [5.41, 5.74) is 1.83. The number of benzene rings is 1. The first-order valence-electron chi connectivity index (χ1n) is 3.83. The molecule has 13 heavy (non-hydrogen) atoms. The normalized spacial score (nSPS) is 9.85. The molecule has 0 unspecified atom stereocenters. The molecule has 4 heteroatoms. The molecular formula is C9H7N3S. The summed E-state index contributed by atoms with van der Waals surface area (Å²) < 4.78 is 0.402. The summed E-state index contributed by atoms with van der Waals surface area (Å²) in [6.07, 6.45) is 1.66. The van der Waals surface area contributed by atoms with Crippen LogP contribution in [0.2, 0.25) is 0 Å². The molecule has 0 aliphatic rings. The second-order valence-electron chi connectivity index (χ2n) is 2.54. The van der Waals surface area contributed by atoms with Crippen LogP contribution in [0.4, 0.5) is 0 Å². The predicted octanol–water partition coefficient (Wildman–Crippen LogP) is 2.20. The highest BCUT2D eigenvalue weighted by Gasteiger charge is 1.96. The van der Waals surface area contributed by atoms with E-state index in [1.54, 1.807) is 6.20 Å². The van der Waals surface area contributed by atoms with E-state index in [2.05, 4.69) is 15.2 Å². The molecule has 64 valence electrons. The van der Waals surface area contributed by atoms with Crippen LogP contribution < -0.4 is 0 Å². The molecule has 0 saturated carbocycles. The molecule has 0 amide bonds. The van der Waals surface area contributed by atoms with Gasteiger partial charge in [-0.1, -0.05) is 30.3 Å². The number of nitrogens with zero attached hydrogens (tertiary/aromatic N) is 2. The van der Waals surface area contributed by atoms with E-state index in [1.807, 2.05) is 30.3 Å². The minimum Gasteiger partial charge on any atom is -0.251 e. The van der Waals surface area contributed by atoms with Crippen molar-refractivity contribution in [2.24, 2.45) is 0 Å². The molecule has 0 atom stereocenters. The minimum atomic E-state index is 0.402. The number of aromatic amines is 1. The summed E-state index contributed by atoms with van der Waals surface area (Å²) >= 11 is 4.79. The molecule has 1 heterocycles. The zero-order valence-corrected chi connectivity index (χ0v) is 7.58. The first kappa shape index (κ1) is 8.07. The molecule has 0 fully saturated rings. The second-order valence-corrected chi connectivity index (χ2v) is 2.92. The molecule has 1 aromatic heterocycles. The van der Waals surface area contributed by atoms with Gasteiger partial charge in [0.05, 0.1) is 6.20 Å². The van der Waals surface area contributed by atoms with E-state index in [0.717, 1.165) is 11.3 Å².